The average Bonchev–Trinajstić information content (AvgIpc) is 3.09. The molecule has 0 spiro atoms. The summed E-state index contributed by atoms with van der Waals surface area (Å²) in [5, 5.41) is 12.4. The molecular formula is C38H43N3O4. The summed E-state index contributed by atoms with van der Waals surface area (Å²) in [5.41, 5.74) is 7.60. The Bertz CT molecular complexity index is 1520. The lowest BCUT2D eigenvalue weighted by molar-refractivity contribution is -0.253. The van der Waals surface area contributed by atoms with Crippen molar-refractivity contribution in [2.24, 2.45) is 0 Å². The van der Waals surface area contributed by atoms with Crippen molar-refractivity contribution in [2.75, 3.05) is 32.7 Å². The van der Waals surface area contributed by atoms with E-state index in [2.05, 4.69) is 94.0 Å². The number of amides is 1. The van der Waals surface area contributed by atoms with Crippen LogP contribution < -0.4 is 5.32 Å². The molecule has 2 N–H and O–H groups in total. The highest BCUT2D eigenvalue weighted by Gasteiger charge is 2.33. The van der Waals surface area contributed by atoms with Crippen LogP contribution in [-0.2, 0) is 34.0 Å². The second kappa shape index (κ2) is 15.0. The number of nitrogens with one attached hydrogen (secondary N) is 1. The van der Waals surface area contributed by atoms with Crippen LogP contribution in [0, 0.1) is 0 Å². The summed E-state index contributed by atoms with van der Waals surface area (Å²) in [7, 11) is 0. The third kappa shape index (κ3) is 8.45. The number of hydrogen-bond acceptors (Lipinski definition) is 6. The first-order chi connectivity index (χ1) is 22.0. The van der Waals surface area contributed by atoms with Gasteiger partial charge in [-0.1, -0.05) is 97.1 Å². The van der Waals surface area contributed by atoms with Crippen LogP contribution in [0.2, 0.25) is 0 Å². The molecule has 0 aromatic heterocycles. The number of ether oxygens (including phenoxy) is 2. The molecule has 0 aliphatic carbocycles. The first-order valence-electron chi connectivity index (χ1n) is 16.0. The van der Waals surface area contributed by atoms with Gasteiger partial charge < -0.3 is 19.9 Å². The first-order valence-corrected chi connectivity index (χ1v) is 16.0. The number of benzene rings is 4. The van der Waals surface area contributed by atoms with E-state index in [0.29, 0.717) is 6.54 Å². The zero-order valence-electron chi connectivity index (χ0n) is 26.0. The normalized spacial score (nSPS) is 21.0. The van der Waals surface area contributed by atoms with Crippen molar-refractivity contribution in [3.8, 4) is 11.1 Å². The molecule has 2 saturated heterocycles. The van der Waals surface area contributed by atoms with Crippen LogP contribution in [-0.4, -0.2) is 59.6 Å². The van der Waals surface area contributed by atoms with Gasteiger partial charge >= 0.3 is 0 Å². The summed E-state index contributed by atoms with van der Waals surface area (Å²) in [6.45, 7) is 8.05. The van der Waals surface area contributed by atoms with Crippen molar-refractivity contribution < 1.29 is 19.4 Å². The Labute approximate surface area is 266 Å². The number of nitrogens with zero attached hydrogens (tertiary/aromatic N) is 2. The van der Waals surface area contributed by atoms with Crippen LogP contribution >= 0.6 is 0 Å². The zero-order chi connectivity index (χ0) is 31.0. The molecule has 7 heteroatoms. The highest BCUT2D eigenvalue weighted by atomic mass is 16.7. The van der Waals surface area contributed by atoms with Gasteiger partial charge in [-0.2, -0.15) is 0 Å². The molecule has 2 fully saturated rings. The third-order valence-electron chi connectivity index (χ3n) is 8.78. The summed E-state index contributed by atoms with van der Waals surface area (Å²) in [4.78, 5) is 16.4. The lowest BCUT2D eigenvalue weighted by Gasteiger charge is -2.40. The molecule has 2 heterocycles. The fourth-order valence-electron chi connectivity index (χ4n) is 6.21. The molecule has 7 nitrogen and oxygen atoms in total. The smallest absolute Gasteiger partial charge is 0.217 e. The van der Waals surface area contributed by atoms with E-state index >= 15 is 0 Å². The largest absolute Gasteiger partial charge is 0.392 e. The van der Waals surface area contributed by atoms with Gasteiger partial charge in [0.25, 0.3) is 0 Å². The van der Waals surface area contributed by atoms with Gasteiger partial charge in [-0.3, -0.25) is 14.6 Å². The van der Waals surface area contributed by atoms with Gasteiger partial charge in [0, 0.05) is 64.7 Å². The molecule has 4 aromatic carbocycles. The van der Waals surface area contributed by atoms with Gasteiger partial charge in [0.2, 0.25) is 5.91 Å². The van der Waals surface area contributed by atoms with E-state index in [0.717, 1.165) is 79.1 Å². The fraction of sp³-hybridized carbons (Fsp3) is 0.342. The molecule has 0 radical (unpaired) electrons. The van der Waals surface area contributed by atoms with E-state index in [1.165, 1.54) is 12.5 Å². The first kappa shape index (κ1) is 31.1. The topological polar surface area (TPSA) is 74.3 Å². The number of aliphatic hydroxyl groups is 1. The Hall–Kier alpha value is -3.85. The summed E-state index contributed by atoms with van der Waals surface area (Å²) in [6.07, 6.45) is 0.215. The summed E-state index contributed by atoms with van der Waals surface area (Å²) in [5.74, 6) is -0.0384. The maximum Gasteiger partial charge on any atom is 0.217 e. The minimum absolute atomic E-state index is 0.0251. The molecule has 0 bridgehead atoms. The zero-order valence-corrected chi connectivity index (χ0v) is 26.0. The molecule has 0 saturated carbocycles. The molecule has 0 unspecified atom stereocenters. The number of aliphatic hydroxyl groups excluding tert-OH is 1. The quantitative estimate of drug-likeness (QED) is 0.237. The maximum atomic E-state index is 11.4. The Morgan fingerprint density at radius 1 is 0.756 bits per heavy atom. The van der Waals surface area contributed by atoms with Gasteiger partial charge in [-0.15, -0.1) is 0 Å². The predicted molar refractivity (Wildman–Crippen MR) is 176 cm³/mol. The molecule has 3 atom stereocenters. The van der Waals surface area contributed by atoms with E-state index in [-0.39, 0.29) is 24.7 Å². The summed E-state index contributed by atoms with van der Waals surface area (Å²) < 4.78 is 13.3. The van der Waals surface area contributed by atoms with Crippen LogP contribution in [0.4, 0.5) is 0 Å². The lowest BCUT2D eigenvalue weighted by Crippen LogP contribution is -2.49. The molecule has 45 heavy (non-hydrogen) atoms. The Balaban J connectivity index is 1.14. The van der Waals surface area contributed by atoms with E-state index in [9.17, 15) is 9.90 Å². The van der Waals surface area contributed by atoms with Gasteiger partial charge in [-0.05, 0) is 39.4 Å². The van der Waals surface area contributed by atoms with E-state index in [1.807, 2.05) is 24.3 Å². The molecule has 2 aliphatic heterocycles. The van der Waals surface area contributed by atoms with E-state index < -0.39 is 6.29 Å². The SMILES string of the molecule is CC(=O)NCc1cccc(-c2ccc([C@H]3O[C@@H](CN4CCN(Cc5ccccc5)CC4)C[C@@H](c4ccc(CO)cc4)O3)cc2)c1. The number of carbonyl (C=O) groups excluding carboxylic acids is 1. The average molecular weight is 606 g/mol. The van der Waals surface area contributed by atoms with Crippen molar-refractivity contribution in [3.63, 3.8) is 0 Å². The predicted octanol–water partition coefficient (Wildman–Crippen LogP) is 5.85. The monoisotopic (exact) mass is 605 g/mol. The standard InChI is InChI=1S/C38H43N3O4/c1-28(43)39-24-31-8-5-9-35(22-31)32-14-16-34(17-15-32)38-44-36(23-37(45-38)33-12-10-30(27-42)11-13-33)26-41-20-18-40(19-21-41)25-29-6-3-2-4-7-29/h2-17,22,36-38,42H,18-21,23-27H2,1H3,(H,39,43)/t36-,37+,38+/m1/s1. The number of hydrogen-bond donors (Lipinski definition) is 2. The van der Waals surface area contributed by atoms with E-state index in [4.69, 9.17) is 9.47 Å². The van der Waals surface area contributed by atoms with Crippen molar-refractivity contribution in [3.05, 3.63) is 131 Å². The molecule has 2 aliphatic rings. The van der Waals surface area contributed by atoms with Gasteiger partial charge in [0.05, 0.1) is 18.8 Å². The highest BCUT2D eigenvalue weighted by Crippen LogP contribution is 2.38. The molecule has 4 aromatic rings. The van der Waals surface area contributed by atoms with Crippen LogP contribution in [0.25, 0.3) is 11.1 Å². The van der Waals surface area contributed by atoms with Gasteiger partial charge in [-0.25, -0.2) is 0 Å². The van der Waals surface area contributed by atoms with Crippen LogP contribution in [0.5, 0.6) is 0 Å². The van der Waals surface area contributed by atoms with Crippen molar-refractivity contribution in [1.82, 2.24) is 15.1 Å². The Morgan fingerprint density at radius 3 is 2.16 bits per heavy atom. The number of piperazine rings is 1. The van der Waals surface area contributed by atoms with Gasteiger partial charge in [0.15, 0.2) is 6.29 Å². The highest BCUT2D eigenvalue weighted by molar-refractivity contribution is 5.73. The molecule has 1 amide bonds. The lowest BCUT2D eigenvalue weighted by atomic mass is 9.98. The summed E-state index contributed by atoms with van der Waals surface area (Å²) in [6, 6.07) is 35.4. The fourth-order valence-corrected chi connectivity index (χ4v) is 6.21. The van der Waals surface area contributed by atoms with Crippen molar-refractivity contribution in [1.29, 1.82) is 0 Å². The Morgan fingerprint density at radius 2 is 1.44 bits per heavy atom. The van der Waals surface area contributed by atoms with Crippen LogP contribution in [0.1, 0.15) is 53.6 Å². The minimum Gasteiger partial charge on any atom is -0.392 e. The molecule has 234 valence electrons. The number of rotatable bonds is 10. The van der Waals surface area contributed by atoms with Crippen LogP contribution in [0.15, 0.2) is 103 Å². The van der Waals surface area contributed by atoms with Crippen molar-refractivity contribution >= 4 is 5.91 Å². The molecule has 6 rings (SSSR count). The Kier molecular flexibility index (Phi) is 10.4. The van der Waals surface area contributed by atoms with Crippen molar-refractivity contribution in [2.45, 2.75) is 51.5 Å². The maximum absolute atomic E-state index is 11.4. The third-order valence-corrected chi connectivity index (χ3v) is 8.78. The van der Waals surface area contributed by atoms with Gasteiger partial charge in [0.1, 0.15) is 0 Å². The molecular weight excluding hydrogens is 562 g/mol. The van der Waals surface area contributed by atoms with Crippen LogP contribution in [0.3, 0.4) is 0 Å². The second-order valence-corrected chi connectivity index (χ2v) is 12.1. The summed E-state index contributed by atoms with van der Waals surface area (Å²) >= 11 is 0. The van der Waals surface area contributed by atoms with E-state index in [1.54, 1.807) is 0 Å². The second-order valence-electron chi connectivity index (χ2n) is 12.1. The number of carbonyl (C=O) groups is 1. The minimum atomic E-state index is -0.481.